The highest BCUT2D eigenvalue weighted by molar-refractivity contribution is 6.57. The van der Waals surface area contributed by atoms with E-state index in [0.717, 1.165) is 12.0 Å². The fourth-order valence-electron chi connectivity index (χ4n) is 5.17. The van der Waals surface area contributed by atoms with Gasteiger partial charge in [-0.25, -0.2) is 0 Å². The second-order valence-corrected chi connectivity index (χ2v) is 14.7. The number of hydrogen-bond donors (Lipinski definition) is 0. The molecule has 0 bridgehead atoms. The minimum absolute atomic E-state index is 0.0424. The van der Waals surface area contributed by atoms with Crippen LogP contribution in [0.3, 0.4) is 0 Å². The Bertz CT molecular complexity index is 491. The second-order valence-electron chi connectivity index (χ2n) is 11.2. The molecule has 2 aliphatic rings. The van der Waals surface area contributed by atoms with Gasteiger partial charge in [0.25, 0.3) is 15.0 Å². The molecule has 2 aliphatic carbocycles. The van der Waals surface area contributed by atoms with Gasteiger partial charge in [-0.2, -0.15) is 0 Å². The third-order valence-corrected chi connectivity index (χ3v) is 11.8. The average Bonchev–Trinajstić information content (AvgIpc) is 2.75. The maximum Gasteiger partial charge on any atom is 0.295 e. The summed E-state index contributed by atoms with van der Waals surface area (Å²) in [5.41, 5.74) is 1.24. The first-order chi connectivity index (χ1) is 14.8. The molecule has 0 saturated heterocycles. The number of carbonyl (C=O) groups is 1. The van der Waals surface area contributed by atoms with Gasteiger partial charge in [0.15, 0.2) is 0 Å². The minimum Gasteiger partial charge on any atom is -0.517 e. The van der Waals surface area contributed by atoms with Crippen LogP contribution in [0.2, 0.25) is 17.1 Å². The van der Waals surface area contributed by atoms with Crippen molar-refractivity contribution in [1.29, 1.82) is 0 Å². The van der Waals surface area contributed by atoms with E-state index in [-0.39, 0.29) is 17.5 Å². The summed E-state index contributed by atoms with van der Waals surface area (Å²) in [6, 6.07) is 0.792. The number of unbranched alkanes of at least 4 members (excludes halogenated alkanes) is 3. The smallest absolute Gasteiger partial charge is 0.295 e. The quantitative estimate of drug-likeness (QED) is 0.217. The molecule has 0 amide bonds. The van der Waals surface area contributed by atoms with E-state index >= 15 is 0 Å². The first-order valence-corrected chi connectivity index (χ1v) is 16.0. The van der Waals surface area contributed by atoms with Crippen LogP contribution < -0.4 is 0 Å². The van der Waals surface area contributed by atoms with Crippen LogP contribution in [-0.2, 0) is 13.6 Å². The molecule has 0 spiro atoms. The highest BCUT2D eigenvalue weighted by atomic mass is 28.3. The topological polar surface area (TPSA) is 35.5 Å². The van der Waals surface area contributed by atoms with Crippen LogP contribution >= 0.6 is 0 Å². The Morgan fingerprint density at radius 2 is 1.61 bits per heavy atom. The third-order valence-electron chi connectivity index (χ3n) is 7.11. The highest BCUT2D eigenvalue weighted by Crippen LogP contribution is 2.44. The number of carbonyl (C=O) groups excluding carboxylic acids is 1. The van der Waals surface area contributed by atoms with Crippen molar-refractivity contribution in [2.75, 3.05) is 0 Å². The van der Waals surface area contributed by atoms with E-state index in [4.69, 9.17) is 8.85 Å². The van der Waals surface area contributed by atoms with Gasteiger partial charge in [-0.3, -0.25) is 4.79 Å². The molecule has 2 saturated carbocycles. The van der Waals surface area contributed by atoms with Crippen molar-refractivity contribution in [2.45, 2.75) is 147 Å². The van der Waals surface area contributed by atoms with Crippen LogP contribution in [0.5, 0.6) is 0 Å². The van der Waals surface area contributed by atoms with Crippen LogP contribution in [0.1, 0.15) is 125 Å². The molecule has 2 fully saturated rings. The molecule has 3 nitrogen and oxygen atoms in total. The molecule has 0 aliphatic heterocycles. The Hall–Kier alpha value is -0.136. The average molecular weight is 466 g/mol. The predicted molar refractivity (Wildman–Crippen MR) is 134 cm³/mol. The van der Waals surface area contributed by atoms with E-state index in [9.17, 15) is 4.79 Å². The fourth-order valence-corrected chi connectivity index (χ4v) is 9.41. The van der Waals surface area contributed by atoms with Gasteiger partial charge >= 0.3 is 0 Å². The molecule has 0 aromatic heterocycles. The number of rotatable bonds is 12. The van der Waals surface area contributed by atoms with Gasteiger partial charge in [-0.05, 0) is 69.5 Å². The Labute approximate surface area is 197 Å². The van der Waals surface area contributed by atoms with Crippen molar-refractivity contribution < 1.29 is 13.6 Å². The van der Waals surface area contributed by atoms with E-state index in [1.165, 1.54) is 89.9 Å². The van der Waals surface area contributed by atoms with Gasteiger partial charge in [-0.15, -0.1) is 0 Å². The van der Waals surface area contributed by atoms with Crippen molar-refractivity contribution in [3.8, 4) is 0 Å². The first-order valence-electron chi connectivity index (χ1n) is 13.3. The summed E-state index contributed by atoms with van der Waals surface area (Å²) in [5, 5.41) is 0. The molecule has 3 radical (unpaired) electrons. The Kier molecular flexibility index (Phi) is 12.4. The van der Waals surface area contributed by atoms with Crippen molar-refractivity contribution in [3.05, 3.63) is 0 Å². The second kappa shape index (κ2) is 14.2. The van der Waals surface area contributed by atoms with Crippen LogP contribution in [0, 0.1) is 11.8 Å². The predicted octanol–water partition coefficient (Wildman–Crippen LogP) is 7.87. The van der Waals surface area contributed by atoms with Crippen molar-refractivity contribution >= 4 is 24.8 Å². The van der Waals surface area contributed by atoms with Gasteiger partial charge in [0.05, 0.1) is 5.92 Å². The lowest BCUT2D eigenvalue weighted by Gasteiger charge is -2.37. The van der Waals surface area contributed by atoms with Crippen molar-refractivity contribution in [3.63, 3.8) is 0 Å². The normalized spacial score (nSPS) is 24.3. The third kappa shape index (κ3) is 10.6. The fraction of sp³-hybridized carbons (Fsp3) is 0.962. The summed E-state index contributed by atoms with van der Waals surface area (Å²) >= 11 is 0. The maximum absolute atomic E-state index is 13.0. The minimum atomic E-state index is -1.08. The zero-order valence-corrected chi connectivity index (χ0v) is 23.1. The summed E-state index contributed by atoms with van der Waals surface area (Å²) in [7, 11) is -0.709. The summed E-state index contributed by atoms with van der Waals surface area (Å²) in [6.07, 6.45) is 18.9. The molecule has 1 atom stereocenters. The van der Waals surface area contributed by atoms with Gasteiger partial charge in [0.2, 0.25) is 9.76 Å². The van der Waals surface area contributed by atoms with Gasteiger partial charge < -0.3 is 8.85 Å². The van der Waals surface area contributed by atoms with Crippen molar-refractivity contribution in [1.82, 2.24) is 0 Å². The van der Waals surface area contributed by atoms with Gasteiger partial charge in [-0.1, -0.05) is 78.1 Å². The summed E-state index contributed by atoms with van der Waals surface area (Å²) in [5.74, 6) is 0.943. The van der Waals surface area contributed by atoms with Gasteiger partial charge in [0.1, 0.15) is 0 Å². The van der Waals surface area contributed by atoms with Crippen LogP contribution in [-0.4, -0.2) is 30.4 Å². The Balaban J connectivity index is 1.85. The van der Waals surface area contributed by atoms with Crippen LogP contribution in [0.15, 0.2) is 0 Å². The zero-order valence-electron chi connectivity index (χ0n) is 21.1. The molecule has 0 aromatic rings. The maximum atomic E-state index is 13.0. The summed E-state index contributed by atoms with van der Waals surface area (Å²) in [4.78, 5) is 13.0. The van der Waals surface area contributed by atoms with Crippen LogP contribution in [0.25, 0.3) is 0 Å². The first kappa shape index (κ1) is 27.1. The molecule has 5 heteroatoms. The van der Waals surface area contributed by atoms with E-state index in [1.807, 2.05) is 6.92 Å². The van der Waals surface area contributed by atoms with E-state index in [2.05, 4.69) is 27.7 Å². The molecule has 0 N–H and O–H groups in total. The highest BCUT2D eigenvalue weighted by Gasteiger charge is 2.39. The monoisotopic (exact) mass is 465 g/mol. The van der Waals surface area contributed by atoms with Crippen LogP contribution in [0.4, 0.5) is 0 Å². The summed E-state index contributed by atoms with van der Waals surface area (Å²) in [6.45, 7) is 10.6. The number of hydrogen-bond acceptors (Lipinski definition) is 3. The molecule has 1 unspecified atom stereocenters. The Morgan fingerprint density at radius 3 is 2.23 bits per heavy atom. The lowest BCUT2D eigenvalue weighted by Crippen LogP contribution is -2.38. The van der Waals surface area contributed by atoms with Gasteiger partial charge in [0, 0.05) is 5.60 Å². The lowest BCUT2D eigenvalue weighted by atomic mass is 9.85. The lowest BCUT2D eigenvalue weighted by molar-refractivity contribution is -0.138. The molecule has 31 heavy (non-hydrogen) atoms. The van der Waals surface area contributed by atoms with E-state index < -0.39 is 9.04 Å². The molecular weight excluding hydrogens is 416 g/mol. The molecule has 2 rings (SSSR count). The zero-order chi connectivity index (χ0) is 22.7. The van der Waals surface area contributed by atoms with Crippen molar-refractivity contribution in [2.24, 2.45) is 11.8 Å². The molecule has 179 valence electrons. The molecular formula is C26H49O3Si2. The Morgan fingerprint density at radius 1 is 0.968 bits per heavy atom. The van der Waals surface area contributed by atoms with E-state index in [1.54, 1.807) is 0 Å². The van der Waals surface area contributed by atoms with E-state index in [0.29, 0.717) is 20.8 Å². The standard InChI is InChI=1S/C26H49O3Si2/c1-6-7-8-10-13-22-16-18-24(19-17-22)31(23-14-11-9-12-15-23)28-25(27)21(2)20-30-29-26(3,4)5/h21-24H,6-20H2,1-5H3. The largest absolute Gasteiger partial charge is 0.517 e. The summed E-state index contributed by atoms with van der Waals surface area (Å²) < 4.78 is 12.3. The molecule has 0 heterocycles. The SMILES string of the molecule is CCCCCCC1CCC([Si](OC(=O)C(C)C[Si]OC(C)(C)C)C2CCCCC2)CC1. The molecule has 0 aromatic carbocycles.